The van der Waals surface area contributed by atoms with E-state index in [0.29, 0.717) is 12.1 Å². The topological polar surface area (TPSA) is 90.5 Å². The summed E-state index contributed by atoms with van der Waals surface area (Å²) in [6.07, 6.45) is 12.3. The number of hydrogen-bond acceptors (Lipinski definition) is 2. The molecular formula is C26H54N4O2Ru. The summed E-state index contributed by atoms with van der Waals surface area (Å²) in [5.74, 6) is 0. The minimum atomic E-state index is 0. The number of hydrogen-bond donors (Lipinski definition) is 0. The molecule has 0 saturated carbocycles. The van der Waals surface area contributed by atoms with Gasteiger partial charge in [-0.05, 0) is 0 Å². The fourth-order valence-corrected chi connectivity index (χ4v) is 2.55. The van der Waals surface area contributed by atoms with Crippen LogP contribution >= 0.6 is 0 Å². The molecule has 0 aliphatic rings. The van der Waals surface area contributed by atoms with Gasteiger partial charge in [0.05, 0.1) is 0 Å². The second-order valence-electron chi connectivity index (χ2n) is 7.87. The number of carbonyl (C=O) groups excluding carboxylic acids is 2. The summed E-state index contributed by atoms with van der Waals surface area (Å²) in [5.41, 5.74) is 0. The Hall–Kier alpha value is -0.197. The minimum absolute atomic E-state index is 0. The Balaban J connectivity index is -0.000000134. The Bertz CT molecular complexity index is 283. The molecule has 0 aliphatic carbocycles. The van der Waals surface area contributed by atoms with Crippen LogP contribution in [0, 0.1) is 0 Å². The quantitative estimate of drug-likeness (QED) is 0.0965. The standard InChI is InChI=1S/2C12H26N2.2CHO.Ru/c2*1-5-8-9-12(13-10-6-2)14-11(4)7-3;2*1-2;/h2*11-12H,5-10H2,1-4H3;2*1H;/q2*-2;2*-1;+6. The van der Waals surface area contributed by atoms with Crippen molar-refractivity contribution in [3.63, 3.8) is 0 Å². The first-order valence-electron chi connectivity index (χ1n) is 12.7. The molecule has 0 saturated heterocycles. The van der Waals surface area contributed by atoms with Crippen molar-refractivity contribution in [2.24, 2.45) is 0 Å². The van der Waals surface area contributed by atoms with E-state index in [0.717, 1.165) is 51.6 Å². The maximum absolute atomic E-state index is 7.75. The zero-order valence-electron chi connectivity index (χ0n) is 22.9. The van der Waals surface area contributed by atoms with Crippen LogP contribution in [-0.2, 0) is 29.1 Å². The van der Waals surface area contributed by atoms with Gasteiger partial charge in [-0.25, -0.2) is 12.3 Å². The zero-order valence-corrected chi connectivity index (χ0v) is 24.6. The van der Waals surface area contributed by atoms with Crippen molar-refractivity contribution in [3.8, 4) is 0 Å². The van der Waals surface area contributed by atoms with Crippen molar-refractivity contribution in [2.45, 2.75) is 144 Å². The molecule has 6 nitrogen and oxygen atoms in total. The second-order valence-corrected chi connectivity index (χ2v) is 7.87. The molecule has 0 rings (SSSR count). The largest absolute Gasteiger partial charge is 6.00 e. The van der Waals surface area contributed by atoms with E-state index in [1.807, 2.05) is 0 Å². The van der Waals surface area contributed by atoms with E-state index in [1.54, 1.807) is 0 Å². The molecule has 0 aromatic heterocycles. The molecule has 0 fully saturated rings. The summed E-state index contributed by atoms with van der Waals surface area (Å²) in [6.45, 7) is 26.0. The maximum atomic E-state index is 7.75. The van der Waals surface area contributed by atoms with Crippen molar-refractivity contribution >= 4 is 13.6 Å². The van der Waals surface area contributed by atoms with E-state index < -0.39 is 0 Å². The molecule has 7 heteroatoms. The average molecular weight is 556 g/mol. The van der Waals surface area contributed by atoms with E-state index in [2.05, 4.69) is 79.6 Å². The molecule has 0 N–H and O–H groups in total. The summed E-state index contributed by atoms with van der Waals surface area (Å²) in [5, 5.41) is 18.6. The Morgan fingerprint density at radius 3 is 1.09 bits per heavy atom. The molecule has 0 bridgehead atoms. The van der Waals surface area contributed by atoms with Crippen LogP contribution in [0.25, 0.3) is 21.3 Å². The maximum Gasteiger partial charge on any atom is 6.00 e. The molecule has 0 aromatic rings. The van der Waals surface area contributed by atoms with Crippen LogP contribution in [0.4, 0.5) is 0 Å². The van der Waals surface area contributed by atoms with Crippen LogP contribution in [0.5, 0.6) is 0 Å². The molecule has 0 aliphatic heterocycles. The summed E-state index contributed by atoms with van der Waals surface area (Å²) in [7, 11) is 0. The second kappa shape index (κ2) is 39.0. The molecule has 0 aromatic carbocycles. The van der Waals surface area contributed by atoms with Gasteiger partial charge in [0.25, 0.3) is 0 Å². The van der Waals surface area contributed by atoms with Gasteiger partial charge >= 0.3 is 19.5 Å². The molecule has 4 atom stereocenters. The van der Waals surface area contributed by atoms with E-state index >= 15 is 0 Å². The fourth-order valence-electron chi connectivity index (χ4n) is 2.55. The third kappa shape index (κ3) is 36.5. The van der Waals surface area contributed by atoms with Crippen LogP contribution in [0.15, 0.2) is 0 Å². The van der Waals surface area contributed by atoms with Crippen LogP contribution in [0.3, 0.4) is 0 Å². The van der Waals surface area contributed by atoms with Crippen LogP contribution in [0.2, 0.25) is 0 Å². The van der Waals surface area contributed by atoms with Gasteiger partial charge in [0.2, 0.25) is 0 Å². The Labute approximate surface area is 220 Å². The molecule has 0 spiro atoms. The molecule has 0 heterocycles. The van der Waals surface area contributed by atoms with Gasteiger partial charge in [-0.2, -0.15) is 13.1 Å². The first-order valence-corrected chi connectivity index (χ1v) is 12.7. The Morgan fingerprint density at radius 2 is 0.879 bits per heavy atom. The van der Waals surface area contributed by atoms with Gasteiger partial charge in [0, 0.05) is 0 Å². The first kappa shape index (κ1) is 42.9. The average Bonchev–Trinajstić information content (AvgIpc) is 2.84. The van der Waals surface area contributed by atoms with Crippen molar-refractivity contribution in [2.75, 3.05) is 13.1 Å². The molecule has 198 valence electrons. The smallest absolute Gasteiger partial charge is 0.678 e. The number of unbranched alkanes of at least 4 members (excludes halogenated alkanes) is 2. The SMILES string of the molecule is CCCCC([N-]CCC)[N-]C(C)CC.CCCCC([N-]CCC)[N-]C(C)CC.[CH-]=O.[CH-]=O.[Ru+6]. The van der Waals surface area contributed by atoms with Gasteiger partial charge in [0.15, 0.2) is 0 Å². The molecular weight excluding hydrogens is 501 g/mol. The molecule has 4 unspecified atom stereocenters. The minimum Gasteiger partial charge on any atom is -0.678 e. The van der Waals surface area contributed by atoms with E-state index in [-0.39, 0.29) is 31.8 Å². The predicted molar refractivity (Wildman–Crippen MR) is 143 cm³/mol. The van der Waals surface area contributed by atoms with Crippen molar-refractivity contribution in [1.82, 2.24) is 0 Å². The van der Waals surface area contributed by atoms with Gasteiger partial charge in [0.1, 0.15) is 0 Å². The van der Waals surface area contributed by atoms with Crippen molar-refractivity contribution in [3.05, 3.63) is 21.3 Å². The van der Waals surface area contributed by atoms with E-state index in [4.69, 9.17) is 20.2 Å². The van der Waals surface area contributed by atoms with E-state index in [1.165, 1.54) is 25.7 Å². The van der Waals surface area contributed by atoms with Crippen molar-refractivity contribution < 1.29 is 29.1 Å². The van der Waals surface area contributed by atoms with Crippen LogP contribution in [-0.4, -0.2) is 51.1 Å². The Kier molecular flexibility index (Phi) is 50.8. The Morgan fingerprint density at radius 1 is 0.576 bits per heavy atom. The van der Waals surface area contributed by atoms with Crippen LogP contribution in [0.1, 0.15) is 120 Å². The van der Waals surface area contributed by atoms with Crippen molar-refractivity contribution in [1.29, 1.82) is 0 Å². The van der Waals surface area contributed by atoms with Gasteiger partial charge in [-0.3, -0.25) is 13.6 Å². The zero-order chi connectivity index (χ0) is 25.6. The fraction of sp³-hybridized carbons (Fsp3) is 0.923. The predicted octanol–water partition coefficient (Wildman–Crippen LogP) is 8.37. The van der Waals surface area contributed by atoms with Gasteiger partial charge in [-0.1, -0.05) is 120 Å². The normalized spacial score (nSPS) is 13.3. The summed E-state index contributed by atoms with van der Waals surface area (Å²) < 4.78 is 0. The monoisotopic (exact) mass is 556 g/mol. The van der Waals surface area contributed by atoms with Gasteiger partial charge in [-0.15, -0.1) is 12.1 Å². The number of rotatable bonds is 18. The first-order chi connectivity index (χ1) is 15.5. The molecule has 33 heavy (non-hydrogen) atoms. The third-order valence-corrected chi connectivity index (χ3v) is 4.79. The van der Waals surface area contributed by atoms with E-state index in [9.17, 15) is 0 Å². The third-order valence-electron chi connectivity index (χ3n) is 4.79. The van der Waals surface area contributed by atoms with Gasteiger partial charge < -0.3 is 30.9 Å². The summed E-state index contributed by atoms with van der Waals surface area (Å²) in [4.78, 5) is 15.5. The number of nitrogens with zero attached hydrogens (tertiary/aromatic N) is 4. The summed E-state index contributed by atoms with van der Waals surface area (Å²) >= 11 is 0. The summed E-state index contributed by atoms with van der Waals surface area (Å²) in [6, 6.07) is 0.940. The van der Waals surface area contributed by atoms with Crippen LogP contribution < -0.4 is 0 Å². The molecule has 0 amide bonds. The molecule has 0 radical (unpaired) electrons.